The highest BCUT2D eigenvalue weighted by molar-refractivity contribution is 5.87. The fourth-order valence-electron chi connectivity index (χ4n) is 3.73. The Kier molecular flexibility index (Phi) is 3.77. The Morgan fingerprint density at radius 2 is 1.90 bits per heavy atom. The van der Waals surface area contributed by atoms with Crippen LogP contribution in [0.1, 0.15) is 19.3 Å². The molecular weight excluding hydrogens is 389 g/mol. The molecule has 1 N–H and O–H groups in total. The molecule has 29 heavy (non-hydrogen) atoms. The molecule has 2 aromatic carbocycles. The van der Waals surface area contributed by atoms with Crippen molar-refractivity contribution >= 4 is 16.9 Å². The zero-order valence-electron chi connectivity index (χ0n) is 15.0. The molecule has 5 rings (SSSR count). The summed E-state index contributed by atoms with van der Waals surface area (Å²) in [6, 6.07) is 10.9. The number of alkyl halides is 3. The molecule has 6 nitrogen and oxygen atoms in total. The standard InChI is InChI=1S/C20H15F3N2O4/c21-20(22,23)28-13-4-1-11(2-5-13)12-3-6-15-14(9-12)18(25-29-15)27-16-10-19(16)8-7-17(26)24-19/h1-6,9,16H,7-8,10H2,(H,24,26). The number of aromatic nitrogens is 1. The van der Waals surface area contributed by atoms with Crippen molar-refractivity contribution in [1.82, 2.24) is 10.5 Å². The number of carbonyl (C=O) groups excluding carboxylic acids is 1. The van der Waals surface area contributed by atoms with Gasteiger partial charge in [0.15, 0.2) is 5.58 Å². The number of hydrogen-bond donors (Lipinski definition) is 1. The number of amides is 1. The summed E-state index contributed by atoms with van der Waals surface area (Å²) < 4.78 is 52.1. The Hall–Kier alpha value is -3.23. The third kappa shape index (κ3) is 3.37. The average molecular weight is 404 g/mol. The summed E-state index contributed by atoms with van der Waals surface area (Å²) in [4.78, 5) is 11.5. The van der Waals surface area contributed by atoms with Crippen molar-refractivity contribution in [3.05, 3.63) is 42.5 Å². The molecule has 9 heteroatoms. The van der Waals surface area contributed by atoms with Gasteiger partial charge < -0.3 is 19.3 Å². The van der Waals surface area contributed by atoms with Crippen molar-refractivity contribution in [1.29, 1.82) is 0 Å². The highest BCUT2D eigenvalue weighted by Crippen LogP contribution is 2.46. The van der Waals surface area contributed by atoms with E-state index in [0.717, 1.165) is 18.4 Å². The molecule has 2 unspecified atom stereocenters. The van der Waals surface area contributed by atoms with Gasteiger partial charge in [-0.1, -0.05) is 18.2 Å². The number of carbonyl (C=O) groups is 1. The van der Waals surface area contributed by atoms with Crippen molar-refractivity contribution in [2.75, 3.05) is 0 Å². The van der Waals surface area contributed by atoms with Crippen LogP contribution in [0, 0.1) is 0 Å². The third-order valence-electron chi connectivity index (χ3n) is 5.30. The lowest BCUT2D eigenvalue weighted by Gasteiger charge is -2.10. The lowest BCUT2D eigenvalue weighted by Crippen LogP contribution is -2.32. The van der Waals surface area contributed by atoms with Gasteiger partial charge in [0.25, 0.3) is 5.88 Å². The van der Waals surface area contributed by atoms with E-state index < -0.39 is 6.36 Å². The monoisotopic (exact) mass is 404 g/mol. The number of ether oxygens (including phenoxy) is 2. The van der Waals surface area contributed by atoms with Crippen molar-refractivity contribution in [3.8, 4) is 22.8 Å². The maximum Gasteiger partial charge on any atom is 0.573 e. The SMILES string of the molecule is O=C1CCC2(CC2Oc2noc3ccc(-c4ccc(OC(F)(F)F)cc4)cc23)N1. The molecule has 2 aliphatic rings. The molecule has 1 amide bonds. The van der Waals surface area contributed by atoms with Gasteiger partial charge in [0.2, 0.25) is 5.91 Å². The summed E-state index contributed by atoms with van der Waals surface area (Å²) >= 11 is 0. The van der Waals surface area contributed by atoms with E-state index in [1.54, 1.807) is 24.3 Å². The van der Waals surface area contributed by atoms with Crippen molar-refractivity contribution < 1.29 is 32.0 Å². The molecule has 2 fully saturated rings. The van der Waals surface area contributed by atoms with Crippen LogP contribution in [-0.2, 0) is 4.79 Å². The maximum absolute atomic E-state index is 12.3. The van der Waals surface area contributed by atoms with Gasteiger partial charge in [-0.15, -0.1) is 13.2 Å². The van der Waals surface area contributed by atoms with Gasteiger partial charge in [-0.25, -0.2) is 0 Å². The third-order valence-corrected chi connectivity index (χ3v) is 5.30. The summed E-state index contributed by atoms with van der Waals surface area (Å²) in [7, 11) is 0. The van der Waals surface area contributed by atoms with Gasteiger partial charge in [-0.3, -0.25) is 4.79 Å². The molecule has 1 saturated heterocycles. The fourth-order valence-corrected chi connectivity index (χ4v) is 3.73. The van der Waals surface area contributed by atoms with Gasteiger partial charge in [0.05, 0.1) is 10.9 Å². The van der Waals surface area contributed by atoms with Crippen molar-refractivity contribution in [3.63, 3.8) is 0 Å². The maximum atomic E-state index is 12.3. The number of fused-ring (bicyclic) bond motifs is 1. The predicted octanol–water partition coefficient (Wildman–Crippen LogP) is 4.19. The van der Waals surface area contributed by atoms with Gasteiger partial charge >= 0.3 is 6.36 Å². The smallest absolute Gasteiger partial charge is 0.469 e. The largest absolute Gasteiger partial charge is 0.573 e. The number of rotatable bonds is 4. The van der Waals surface area contributed by atoms with Gasteiger partial charge in [0, 0.05) is 12.8 Å². The quantitative estimate of drug-likeness (QED) is 0.706. The van der Waals surface area contributed by atoms with E-state index in [0.29, 0.717) is 28.8 Å². The molecular formula is C20H15F3N2O4. The van der Waals surface area contributed by atoms with Gasteiger partial charge in [0.1, 0.15) is 11.9 Å². The van der Waals surface area contributed by atoms with Crippen molar-refractivity contribution in [2.24, 2.45) is 0 Å². The number of hydrogen-bond acceptors (Lipinski definition) is 5. The minimum atomic E-state index is -4.73. The molecule has 2 heterocycles. The molecule has 1 aromatic heterocycles. The Morgan fingerprint density at radius 1 is 1.14 bits per heavy atom. The Bertz CT molecular complexity index is 1090. The topological polar surface area (TPSA) is 73.6 Å². The Balaban J connectivity index is 1.38. The Morgan fingerprint density at radius 3 is 2.59 bits per heavy atom. The molecule has 0 bridgehead atoms. The van der Waals surface area contributed by atoms with Crippen LogP contribution >= 0.6 is 0 Å². The molecule has 3 aromatic rings. The van der Waals surface area contributed by atoms with E-state index in [-0.39, 0.29) is 23.3 Å². The first-order chi connectivity index (χ1) is 13.8. The van der Waals surface area contributed by atoms with Crippen molar-refractivity contribution in [2.45, 2.75) is 37.3 Å². The second kappa shape index (κ2) is 6.13. The van der Waals surface area contributed by atoms with Gasteiger partial charge in [-0.05, 0) is 47.0 Å². The molecule has 2 atom stereocenters. The first-order valence-corrected chi connectivity index (χ1v) is 9.05. The normalized spacial score (nSPS) is 23.4. The minimum Gasteiger partial charge on any atom is -0.469 e. The zero-order valence-corrected chi connectivity index (χ0v) is 15.0. The van der Waals surface area contributed by atoms with Crippen LogP contribution in [0.25, 0.3) is 22.1 Å². The Labute approximate surface area is 162 Å². The molecule has 0 radical (unpaired) electrons. The summed E-state index contributed by atoms with van der Waals surface area (Å²) in [6.45, 7) is 0. The molecule has 150 valence electrons. The summed E-state index contributed by atoms with van der Waals surface area (Å²) in [5.74, 6) is 0.0808. The lowest BCUT2D eigenvalue weighted by molar-refractivity contribution is -0.274. The van der Waals surface area contributed by atoms with Crippen LogP contribution in [0.15, 0.2) is 47.0 Å². The molecule has 1 saturated carbocycles. The second-order valence-electron chi connectivity index (χ2n) is 7.29. The van der Waals surface area contributed by atoms with E-state index in [2.05, 4.69) is 15.2 Å². The van der Waals surface area contributed by atoms with E-state index in [1.807, 2.05) is 6.07 Å². The summed E-state index contributed by atoms with van der Waals surface area (Å²) in [6.07, 6.45) is -2.91. The predicted molar refractivity (Wildman–Crippen MR) is 95.3 cm³/mol. The molecule has 1 aliphatic carbocycles. The van der Waals surface area contributed by atoms with Gasteiger partial charge in [-0.2, -0.15) is 0 Å². The van der Waals surface area contributed by atoms with E-state index >= 15 is 0 Å². The van der Waals surface area contributed by atoms with Crippen LogP contribution in [0.5, 0.6) is 11.6 Å². The van der Waals surface area contributed by atoms with E-state index in [9.17, 15) is 18.0 Å². The first kappa shape index (κ1) is 17.8. The second-order valence-corrected chi connectivity index (χ2v) is 7.29. The van der Waals surface area contributed by atoms with E-state index in [4.69, 9.17) is 9.26 Å². The van der Waals surface area contributed by atoms with Crippen LogP contribution in [0.2, 0.25) is 0 Å². The minimum absolute atomic E-state index is 0.0290. The summed E-state index contributed by atoms with van der Waals surface area (Å²) in [5, 5.41) is 7.60. The highest BCUT2D eigenvalue weighted by atomic mass is 19.4. The molecule has 1 spiro atoms. The fraction of sp³-hybridized carbons (Fsp3) is 0.300. The van der Waals surface area contributed by atoms with E-state index in [1.165, 1.54) is 12.1 Å². The molecule has 1 aliphatic heterocycles. The van der Waals surface area contributed by atoms with Crippen LogP contribution < -0.4 is 14.8 Å². The van der Waals surface area contributed by atoms with Crippen LogP contribution in [0.3, 0.4) is 0 Å². The lowest BCUT2D eigenvalue weighted by atomic mass is 10.0. The zero-order chi connectivity index (χ0) is 20.2. The summed E-state index contributed by atoms with van der Waals surface area (Å²) in [5.41, 5.74) is 1.71. The number of halogens is 3. The first-order valence-electron chi connectivity index (χ1n) is 9.05. The van der Waals surface area contributed by atoms with Crippen LogP contribution in [0.4, 0.5) is 13.2 Å². The number of nitrogens with one attached hydrogen (secondary N) is 1. The number of nitrogens with zero attached hydrogens (tertiary/aromatic N) is 1. The average Bonchev–Trinajstić information content (AvgIpc) is 2.96. The van der Waals surface area contributed by atoms with Crippen LogP contribution in [-0.4, -0.2) is 29.1 Å². The highest BCUT2D eigenvalue weighted by Gasteiger charge is 2.60. The number of benzene rings is 2.